The Morgan fingerprint density at radius 3 is 2.35 bits per heavy atom. The molecule has 17 heavy (non-hydrogen) atoms. The third kappa shape index (κ3) is 3.30. The van der Waals surface area contributed by atoms with E-state index in [4.69, 9.17) is 11.6 Å². The van der Waals surface area contributed by atoms with Crippen LogP contribution in [0.1, 0.15) is 25.3 Å². The van der Waals surface area contributed by atoms with Crippen LogP contribution in [0.5, 0.6) is 0 Å². The van der Waals surface area contributed by atoms with Gasteiger partial charge in [-0.1, -0.05) is 23.7 Å². The standard InChI is InChI=1S/C12H14ClF2N.ClH/c1-11(8-12(14,15)6-7-16-11)9-2-4-10(13)5-3-9;/h2-5,16H,6-8H2,1H3;1H. The van der Waals surface area contributed by atoms with Gasteiger partial charge in [-0.25, -0.2) is 8.78 Å². The second-order valence-electron chi connectivity index (χ2n) is 4.55. The number of benzene rings is 1. The SMILES string of the molecule is CC1(c2ccc(Cl)cc2)CC(F)(F)CCN1.Cl. The Hall–Kier alpha value is -0.380. The van der Waals surface area contributed by atoms with Gasteiger partial charge in [-0.05, 0) is 24.6 Å². The lowest BCUT2D eigenvalue weighted by molar-refractivity contribution is -0.0611. The molecule has 1 atom stereocenters. The highest BCUT2D eigenvalue weighted by Gasteiger charge is 2.43. The molecule has 1 nitrogen and oxygen atoms in total. The zero-order chi connectivity index (χ0) is 11.8. The van der Waals surface area contributed by atoms with E-state index in [9.17, 15) is 8.78 Å². The zero-order valence-electron chi connectivity index (χ0n) is 9.47. The van der Waals surface area contributed by atoms with Crippen LogP contribution >= 0.6 is 24.0 Å². The van der Waals surface area contributed by atoms with Crippen molar-refractivity contribution in [3.8, 4) is 0 Å². The molecule has 1 aliphatic rings. The molecule has 1 aliphatic heterocycles. The molecule has 1 heterocycles. The van der Waals surface area contributed by atoms with E-state index in [-0.39, 0.29) is 25.2 Å². The normalized spacial score (nSPS) is 27.3. The average Bonchev–Trinajstić information content (AvgIpc) is 2.16. The summed E-state index contributed by atoms with van der Waals surface area (Å²) in [5.41, 5.74) is 0.197. The van der Waals surface area contributed by atoms with Crippen molar-refractivity contribution in [3.63, 3.8) is 0 Å². The monoisotopic (exact) mass is 281 g/mol. The van der Waals surface area contributed by atoms with Crippen molar-refractivity contribution >= 4 is 24.0 Å². The first-order valence-corrected chi connectivity index (χ1v) is 5.68. The first-order valence-electron chi connectivity index (χ1n) is 5.30. The lowest BCUT2D eigenvalue weighted by Gasteiger charge is -2.39. The minimum atomic E-state index is -2.58. The Bertz CT molecular complexity index is 381. The summed E-state index contributed by atoms with van der Waals surface area (Å²) in [4.78, 5) is 0. The van der Waals surface area contributed by atoms with Crippen LogP contribution in [0.4, 0.5) is 8.78 Å². The molecule has 0 aromatic heterocycles. The highest BCUT2D eigenvalue weighted by Crippen LogP contribution is 2.38. The van der Waals surface area contributed by atoms with Crippen molar-refractivity contribution in [2.24, 2.45) is 0 Å². The van der Waals surface area contributed by atoms with Gasteiger partial charge in [0.15, 0.2) is 0 Å². The summed E-state index contributed by atoms with van der Waals surface area (Å²) in [7, 11) is 0. The first-order chi connectivity index (χ1) is 7.41. The summed E-state index contributed by atoms with van der Waals surface area (Å²) in [5.74, 6) is -2.58. The second kappa shape index (κ2) is 5.09. The van der Waals surface area contributed by atoms with E-state index in [0.29, 0.717) is 11.6 Å². The Morgan fingerprint density at radius 1 is 1.24 bits per heavy atom. The molecule has 96 valence electrons. The fourth-order valence-electron chi connectivity index (χ4n) is 2.21. The van der Waals surface area contributed by atoms with Gasteiger partial charge < -0.3 is 5.32 Å². The predicted molar refractivity (Wildman–Crippen MR) is 68.2 cm³/mol. The second-order valence-corrected chi connectivity index (χ2v) is 4.98. The maximum atomic E-state index is 13.4. The number of alkyl halides is 2. The van der Waals surface area contributed by atoms with Crippen molar-refractivity contribution in [2.45, 2.75) is 31.2 Å². The van der Waals surface area contributed by atoms with Gasteiger partial charge in [0, 0.05) is 29.9 Å². The molecule has 2 rings (SSSR count). The van der Waals surface area contributed by atoms with Crippen LogP contribution in [0, 0.1) is 0 Å². The predicted octanol–water partition coefficient (Wildman–Crippen LogP) is 4.00. The number of rotatable bonds is 1. The number of hydrogen-bond acceptors (Lipinski definition) is 1. The Balaban J connectivity index is 0.00000144. The van der Waals surface area contributed by atoms with Crippen LogP contribution in [0.3, 0.4) is 0 Å². The number of nitrogens with one attached hydrogen (secondary N) is 1. The highest BCUT2D eigenvalue weighted by atomic mass is 35.5. The summed E-state index contributed by atoms with van der Waals surface area (Å²) >= 11 is 5.78. The van der Waals surface area contributed by atoms with E-state index < -0.39 is 11.5 Å². The van der Waals surface area contributed by atoms with Crippen LogP contribution in [0.25, 0.3) is 0 Å². The molecule has 1 unspecified atom stereocenters. The topological polar surface area (TPSA) is 12.0 Å². The van der Waals surface area contributed by atoms with Gasteiger partial charge in [-0.2, -0.15) is 0 Å². The summed E-state index contributed by atoms with van der Waals surface area (Å²) in [6.45, 7) is 2.15. The molecule has 0 saturated carbocycles. The number of halogens is 4. The van der Waals surface area contributed by atoms with Gasteiger partial charge in [0.2, 0.25) is 0 Å². The minimum absolute atomic E-state index is 0. The average molecular weight is 282 g/mol. The molecule has 1 aromatic rings. The van der Waals surface area contributed by atoms with Gasteiger partial charge in [0.1, 0.15) is 0 Å². The van der Waals surface area contributed by atoms with E-state index in [1.165, 1.54) is 0 Å². The zero-order valence-corrected chi connectivity index (χ0v) is 11.0. The summed E-state index contributed by atoms with van der Waals surface area (Å²) < 4.78 is 26.8. The lowest BCUT2D eigenvalue weighted by Crippen LogP contribution is -2.50. The molecular weight excluding hydrogens is 267 g/mol. The molecule has 0 spiro atoms. The third-order valence-corrected chi connectivity index (χ3v) is 3.35. The Labute approximate surface area is 111 Å². The fourth-order valence-corrected chi connectivity index (χ4v) is 2.34. The summed E-state index contributed by atoms with van der Waals surface area (Å²) in [6.07, 6.45) is -0.252. The lowest BCUT2D eigenvalue weighted by atomic mass is 9.82. The smallest absolute Gasteiger partial charge is 0.251 e. The van der Waals surface area contributed by atoms with E-state index in [1.807, 2.05) is 6.92 Å². The van der Waals surface area contributed by atoms with E-state index in [2.05, 4.69) is 5.32 Å². The molecule has 1 saturated heterocycles. The van der Waals surface area contributed by atoms with E-state index >= 15 is 0 Å². The van der Waals surface area contributed by atoms with Crippen molar-refractivity contribution in [1.82, 2.24) is 5.32 Å². The fraction of sp³-hybridized carbons (Fsp3) is 0.500. The van der Waals surface area contributed by atoms with Crippen LogP contribution < -0.4 is 5.32 Å². The van der Waals surface area contributed by atoms with Gasteiger partial charge >= 0.3 is 0 Å². The van der Waals surface area contributed by atoms with E-state index in [1.54, 1.807) is 24.3 Å². The molecule has 0 aliphatic carbocycles. The molecule has 0 amide bonds. The molecule has 5 heteroatoms. The molecular formula is C12H15Cl2F2N. The number of hydrogen-bond donors (Lipinski definition) is 1. The maximum Gasteiger partial charge on any atom is 0.251 e. The largest absolute Gasteiger partial charge is 0.307 e. The first kappa shape index (κ1) is 14.7. The van der Waals surface area contributed by atoms with E-state index in [0.717, 1.165) is 5.56 Å². The van der Waals surface area contributed by atoms with Crippen LogP contribution in [0.2, 0.25) is 5.02 Å². The third-order valence-electron chi connectivity index (χ3n) is 3.10. The van der Waals surface area contributed by atoms with Gasteiger partial charge in [0.25, 0.3) is 5.92 Å². The van der Waals surface area contributed by atoms with Crippen LogP contribution in [0.15, 0.2) is 24.3 Å². The minimum Gasteiger partial charge on any atom is -0.307 e. The van der Waals surface area contributed by atoms with Gasteiger partial charge in [-0.15, -0.1) is 12.4 Å². The van der Waals surface area contributed by atoms with Crippen molar-refractivity contribution in [2.75, 3.05) is 6.54 Å². The summed E-state index contributed by atoms with van der Waals surface area (Å²) in [6, 6.07) is 7.07. The number of piperidine rings is 1. The van der Waals surface area contributed by atoms with Gasteiger partial charge in [0.05, 0.1) is 0 Å². The Kier molecular flexibility index (Phi) is 4.39. The summed E-state index contributed by atoms with van der Waals surface area (Å²) in [5, 5.41) is 3.78. The van der Waals surface area contributed by atoms with Crippen LogP contribution in [-0.2, 0) is 5.54 Å². The quantitative estimate of drug-likeness (QED) is 0.821. The molecule has 1 aromatic carbocycles. The van der Waals surface area contributed by atoms with Crippen molar-refractivity contribution < 1.29 is 8.78 Å². The van der Waals surface area contributed by atoms with Crippen molar-refractivity contribution in [3.05, 3.63) is 34.9 Å². The molecule has 0 radical (unpaired) electrons. The Morgan fingerprint density at radius 2 is 1.82 bits per heavy atom. The van der Waals surface area contributed by atoms with Crippen LogP contribution in [-0.4, -0.2) is 12.5 Å². The van der Waals surface area contributed by atoms with Gasteiger partial charge in [-0.3, -0.25) is 0 Å². The molecule has 0 bridgehead atoms. The molecule has 1 fully saturated rings. The van der Waals surface area contributed by atoms with Crippen molar-refractivity contribution in [1.29, 1.82) is 0 Å². The molecule has 1 N–H and O–H groups in total. The highest BCUT2D eigenvalue weighted by molar-refractivity contribution is 6.30. The maximum absolute atomic E-state index is 13.4.